The van der Waals surface area contributed by atoms with Crippen LogP contribution in [0.4, 0.5) is 11.5 Å². The van der Waals surface area contributed by atoms with Gasteiger partial charge in [-0.2, -0.15) is 0 Å². The van der Waals surface area contributed by atoms with Crippen LogP contribution in [0, 0.1) is 6.92 Å². The number of anilines is 2. The second kappa shape index (κ2) is 9.53. The third kappa shape index (κ3) is 4.65. The number of nitrogens with zero attached hydrogens (tertiary/aromatic N) is 3. The van der Waals surface area contributed by atoms with Crippen LogP contribution < -0.4 is 10.2 Å². The molecule has 2 unspecified atom stereocenters. The SMILES string of the molecule is CC(=O)N1c2ccc(-c3ccc(C(=O)N4CCCC4)cc3)cc2C(Nc2ccc(C)cn2)CC1C. The number of benzene rings is 2. The average molecular weight is 469 g/mol. The molecule has 2 aliphatic heterocycles. The predicted octanol–water partition coefficient (Wildman–Crippen LogP) is 5.59. The van der Waals surface area contributed by atoms with Crippen LogP contribution in [0.2, 0.25) is 0 Å². The molecule has 1 aromatic heterocycles. The fraction of sp³-hybridized carbons (Fsp3) is 0.345. The van der Waals surface area contributed by atoms with Gasteiger partial charge in [0.2, 0.25) is 5.91 Å². The fourth-order valence-electron chi connectivity index (χ4n) is 5.30. The van der Waals surface area contributed by atoms with Crippen LogP contribution in [0.5, 0.6) is 0 Å². The summed E-state index contributed by atoms with van der Waals surface area (Å²) in [4.78, 5) is 33.6. The first-order chi connectivity index (χ1) is 16.9. The summed E-state index contributed by atoms with van der Waals surface area (Å²) in [5, 5.41) is 3.59. The van der Waals surface area contributed by atoms with Gasteiger partial charge in [-0.25, -0.2) is 4.98 Å². The highest BCUT2D eigenvalue weighted by Crippen LogP contribution is 2.41. The molecule has 6 heteroatoms. The van der Waals surface area contributed by atoms with Gasteiger partial charge in [0, 0.05) is 43.5 Å². The highest BCUT2D eigenvalue weighted by molar-refractivity contribution is 5.95. The molecule has 3 aromatic rings. The van der Waals surface area contributed by atoms with Crippen LogP contribution in [0.1, 0.15) is 60.6 Å². The lowest BCUT2D eigenvalue weighted by Gasteiger charge is -2.39. The highest BCUT2D eigenvalue weighted by atomic mass is 16.2. The van der Waals surface area contributed by atoms with E-state index in [0.717, 1.165) is 71.7 Å². The number of rotatable bonds is 4. The van der Waals surface area contributed by atoms with Crippen LogP contribution in [-0.2, 0) is 4.79 Å². The number of carbonyl (C=O) groups is 2. The second-order valence-corrected chi connectivity index (χ2v) is 9.74. The molecule has 180 valence electrons. The molecule has 1 saturated heterocycles. The molecule has 2 amide bonds. The summed E-state index contributed by atoms with van der Waals surface area (Å²) in [6.07, 6.45) is 4.82. The largest absolute Gasteiger partial charge is 0.363 e. The molecule has 1 fully saturated rings. The molecular formula is C29H32N4O2. The molecular weight excluding hydrogens is 436 g/mol. The Hall–Kier alpha value is -3.67. The quantitative estimate of drug-likeness (QED) is 0.542. The zero-order chi connectivity index (χ0) is 24.5. The molecule has 2 atom stereocenters. The molecule has 35 heavy (non-hydrogen) atoms. The maximum atomic E-state index is 12.7. The molecule has 0 aliphatic carbocycles. The summed E-state index contributed by atoms with van der Waals surface area (Å²) in [6, 6.07) is 18.3. The van der Waals surface area contributed by atoms with E-state index in [1.807, 2.05) is 65.4 Å². The van der Waals surface area contributed by atoms with E-state index in [-0.39, 0.29) is 23.9 Å². The predicted molar refractivity (Wildman–Crippen MR) is 140 cm³/mol. The van der Waals surface area contributed by atoms with Crippen LogP contribution in [0.3, 0.4) is 0 Å². The number of pyridine rings is 1. The molecule has 0 radical (unpaired) electrons. The first-order valence-corrected chi connectivity index (χ1v) is 12.4. The van der Waals surface area contributed by atoms with Crippen molar-refractivity contribution in [3.63, 3.8) is 0 Å². The van der Waals surface area contributed by atoms with E-state index < -0.39 is 0 Å². The van der Waals surface area contributed by atoms with Crippen molar-refractivity contribution in [3.8, 4) is 11.1 Å². The third-order valence-corrected chi connectivity index (χ3v) is 7.11. The van der Waals surface area contributed by atoms with Gasteiger partial charge in [0.1, 0.15) is 5.82 Å². The maximum absolute atomic E-state index is 12.7. The number of aromatic nitrogens is 1. The molecule has 6 nitrogen and oxygen atoms in total. The lowest BCUT2D eigenvalue weighted by Crippen LogP contribution is -2.43. The van der Waals surface area contributed by atoms with Gasteiger partial charge in [-0.05, 0) is 85.7 Å². The van der Waals surface area contributed by atoms with E-state index in [1.165, 1.54) is 0 Å². The number of fused-ring (bicyclic) bond motifs is 1. The Labute approximate surface area is 207 Å². The first kappa shape index (κ1) is 23.1. The average Bonchev–Trinajstić information content (AvgIpc) is 3.40. The molecule has 5 rings (SSSR count). The van der Waals surface area contributed by atoms with E-state index in [2.05, 4.69) is 29.4 Å². The molecule has 2 aromatic carbocycles. The van der Waals surface area contributed by atoms with Crippen molar-refractivity contribution in [1.82, 2.24) is 9.88 Å². The lowest BCUT2D eigenvalue weighted by atomic mass is 9.89. The highest BCUT2D eigenvalue weighted by Gasteiger charge is 2.33. The summed E-state index contributed by atoms with van der Waals surface area (Å²) in [5.74, 6) is 0.980. The lowest BCUT2D eigenvalue weighted by molar-refractivity contribution is -0.117. The Bertz CT molecular complexity index is 1230. The Morgan fingerprint density at radius 1 is 0.971 bits per heavy atom. The molecule has 3 heterocycles. The van der Waals surface area contributed by atoms with Gasteiger partial charge in [0.05, 0.1) is 6.04 Å². The van der Waals surface area contributed by atoms with Crippen molar-refractivity contribution in [2.24, 2.45) is 0 Å². The molecule has 1 N–H and O–H groups in total. The van der Waals surface area contributed by atoms with Gasteiger partial charge in [0.25, 0.3) is 5.91 Å². The van der Waals surface area contributed by atoms with Crippen molar-refractivity contribution in [3.05, 3.63) is 77.5 Å². The Balaban J connectivity index is 1.47. The summed E-state index contributed by atoms with van der Waals surface area (Å²) >= 11 is 0. The van der Waals surface area contributed by atoms with Crippen molar-refractivity contribution in [2.45, 2.75) is 52.1 Å². The minimum atomic E-state index is 0.0294. The van der Waals surface area contributed by atoms with E-state index in [1.54, 1.807) is 6.92 Å². The van der Waals surface area contributed by atoms with Gasteiger partial charge in [-0.1, -0.05) is 24.3 Å². The summed E-state index contributed by atoms with van der Waals surface area (Å²) in [7, 11) is 0. The van der Waals surface area contributed by atoms with E-state index in [9.17, 15) is 9.59 Å². The Morgan fingerprint density at radius 3 is 2.34 bits per heavy atom. The fourth-order valence-corrected chi connectivity index (χ4v) is 5.30. The molecule has 0 saturated carbocycles. The van der Waals surface area contributed by atoms with Gasteiger partial charge in [-0.3, -0.25) is 9.59 Å². The van der Waals surface area contributed by atoms with Gasteiger partial charge in [-0.15, -0.1) is 0 Å². The summed E-state index contributed by atoms with van der Waals surface area (Å²) < 4.78 is 0. The zero-order valence-corrected chi connectivity index (χ0v) is 20.6. The van der Waals surface area contributed by atoms with Crippen LogP contribution in [0.25, 0.3) is 11.1 Å². The molecule has 0 bridgehead atoms. The number of likely N-dealkylation sites (tertiary alicyclic amines) is 1. The van der Waals surface area contributed by atoms with Crippen molar-refractivity contribution >= 4 is 23.3 Å². The normalized spacial score (nSPS) is 19.4. The van der Waals surface area contributed by atoms with Crippen molar-refractivity contribution in [1.29, 1.82) is 0 Å². The van der Waals surface area contributed by atoms with Gasteiger partial charge in [0.15, 0.2) is 0 Å². The number of nitrogens with one attached hydrogen (secondary N) is 1. The van der Waals surface area contributed by atoms with E-state index in [0.29, 0.717) is 0 Å². The van der Waals surface area contributed by atoms with Crippen LogP contribution >= 0.6 is 0 Å². The molecule has 0 spiro atoms. The number of hydrogen-bond donors (Lipinski definition) is 1. The Morgan fingerprint density at radius 2 is 1.69 bits per heavy atom. The number of carbonyl (C=O) groups excluding carboxylic acids is 2. The second-order valence-electron chi connectivity index (χ2n) is 9.74. The number of aryl methyl sites for hydroxylation is 1. The summed E-state index contributed by atoms with van der Waals surface area (Å²) in [5.41, 5.74) is 5.97. The topological polar surface area (TPSA) is 65.5 Å². The minimum absolute atomic E-state index is 0.0294. The minimum Gasteiger partial charge on any atom is -0.363 e. The standard InChI is InChI=1S/C29H32N4O2/c1-19-6-13-28(30-18-19)31-26-16-20(2)33(21(3)34)27-12-11-24(17-25(26)27)22-7-9-23(10-8-22)29(35)32-14-4-5-15-32/h6-13,17-18,20,26H,4-5,14-16H2,1-3H3,(H,30,31). The van der Waals surface area contributed by atoms with E-state index in [4.69, 9.17) is 0 Å². The van der Waals surface area contributed by atoms with E-state index >= 15 is 0 Å². The van der Waals surface area contributed by atoms with Crippen LogP contribution in [-0.4, -0.2) is 40.8 Å². The van der Waals surface area contributed by atoms with Crippen LogP contribution in [0.15, 0.2) is 60.8 Å². The zero-order valence-electron chi connectivity index (χ0n) is 20.6. The molecule has 2 aliphatic rings. The number of hydrogen-bond acceptors (Lipinski definition) is 4. The Kier molecular flexibility index (Phi) is 6.29. The maximum Gasteiger partial charge on any atom is 0.253 e. The smallest absolute Gasteiger partial charge is 0.253 e. The number of amides is 2. The van der Waals surface area contributed by atoms with Gasteiger partial charge >= 0.3 is 0 Å². The van der Waals surface area contributed by atoms with Crippen molar-refractivity contribution in [2.75, 3.05) is 23.3 Å². The summed E-state index contributed by atoms with van der Waals surface area (Å²) in [6.45, 7) is 7.43. The first-order valence-electron chi connectivity index (χ1n) is 12.4. The third-order valence-electron chi connectivity index (χ3n) is 7.11. The van der Waals surface area contributed by atoms with Crippen molar-refractivity contribution < 1.29 is 9.59 Å². The monoisotopic (exact) mass is 468 g/mol. The van der Waals surface area contributed by atoms with Gasteiger partial charge < -0.3 is 15.1 Å².